The first kappa shape index (κ1) is 16.2. The van der Waals surface area contributed by atoms with Crippen LogP contribution >= 0.6 is 15.9 Å². The molecular weight excluding hydrogens is 344 g/mol. The van der Waals surface area contributed by atoms with E-state index < -0.39 is 0 Å². The number of anilines is 1. The van der Waals surface area contributed by atoms with E-state index in [1.54, 1.807) is 12.1 Å². The summed E-state index contributed by atoms with van der Waals surface area (Å²) in [5.41, 5.74) is 3.23. The molecule has 0 spiro atoms. The first-order valence-corrected chi connectivity index (χ1v) is 7.66. The van der Waals surface area contributed by atoms with E-state index in [1.165, 1.54) is 0 Å². The molecule has 0 saturated carbocycles. The Morgan fingerprint density at radius 2 is 1.77 bits per heavy atom. The lowest BCUT2D eigenvalue weighted by Gasteiger charge is -2.09. The molecule has 0 aliphatic rings. The monoisotopic (exact) mass is 360 g/mol. The van der Waals surface area contributed by atoms with E-state index in [2.05, 4.69) is 26.6 Å². The van der Waals surface area contributed by atoms with Crippen LogP contribution < -0.4 is 10.6 Å². The van der Waals surface area contributed by atoms with Gasteiger partial charge in [-0.1, -0.05) is 40.2 Å². The zero-order valence-electron chi connectivity index (χ0n) is 12.4. The molecule has 0 aliphatic carbocycles. The number of benzene rings is 2. The van der Waals surface area contributed by atoms with Crippen molar-refractivity contribution in [3.8, 4) is 0 Å². The molecule has 0 aliphatic heterocycles. The highest BCUT2D eigenvalue weighted by molar-refractivity contribution is 9.10. The minimum absolute atomic E-state index is 0.0708. The number of nitrogens with one attached hydrogen (secondary N) is 2. The third-order valence-corrected chi connectivity index (χ3v) is 4.11. The van der Waals surface area contributed by atoms with E-state index in [0.717, 1.165) is 15.6 Å². The Balaban J connectivity index is 1.91. The van der Waals surface area contributed by atoms with Crippen molar-refractivity contribution >= 4 is 33.4 Å². The summed E-state index contributed by atoms with van der Waals surface area (Å²) in [6.45, 7) is 3.76. The van der Waals surface area contributed by atoms with Crippen LogP contribution in [0.2, 0.25) is 0 Å². The minimum Gasteiger partial charge on any atom is -0.343 e. The molecule has 2 aromatic rings. The molecule has 114 valence electrons. The molecule has 5 heteroatoms. The Morgan fingerprint density at radius 3 is 2.45 bits per heavy atom. The van der Waals surface area contributed by atoms with Gasteiger partial charge in [0, 0.05) is 15.7 Å². The molecular formula is C17H17BrN2O2. The van der Waals surface area contributed by atoms with Gasteiger partial charge in [-0.25, -0.2) is 0 Å². The van der Waals surface area contributed by atoms with E-state index in [0.29, 0.717) is 11.3 Å². The summed E-state index contributed by atoms with van der Waals surface area (Å²) in [5, 5.41) is 5.37. The molecule has 0 fully saturated rings. The van der Waals surface area contributed by atoms with Gasteiger partial charge < -0.3 is 10.6 Å². The van der Waals surface area contributed by atoms with Gasteiger partial charge in [-0.2, -0.15) is 0 Å². The van der Waals surface area contributed by atoms with E-state index >= 15 is 0 Å². The van der Waals surface area contributed by atoms with Gasteiger partial charge in [0.2, 0.25) is 5.91 Å². The fourth-order valence-electron chi connectivity index (χ4n) is 1.96. The van der Waals surface area contributed by atoms with Crippen molar-refractivity contribution in [3.63, 3.8) is 0 Å². The Labute approximate surface area is 138 Å². The SMILES string of the molecule is Cc1ccc(NC(=O)CNC(=O)c2ccccc2C)cc1Br. The van der Waals surface area contributed by atoms with Crippen molar-refractivity contribution in [1.29, 1.82) is 0 Å². The van der Waals surface area contributed by atoms with Gasteiger partial charge in [0.1, 0.15) is 0 Å². The maximum absolute atomic E-state index is 12.0. The summed E-state index contributed by atoms with van der Waals surface area (Å²) in [6.07, 6.45) is 0. The average molecular weight is 361 g/mol. The molecule has 22 heavy (non-hydrogen) atoms. The van der Waals surface area contributed by atoms with E-state index in [1.807, 2.05) is 44.2 Å². The van der Waals surface area contributed by atoms with Gasteiger partial charge in [-0.3, -0.25) is 9.59 Å². The molecule has 4 nitrogen and oxygen atoms in total. The highest BCUT2D eigenvalue weighted by Crippen LogP contribution is 2.20. The molecule has 2 N–H and O–H groups in total. The van der Waals surface area contributed by atoms with Gasteiger partial charge in [-0.05, 0) is 43.2 Å². The normalized spacial score (nSPS) is 10.1. The second-order valence-electron chi connectivity index (χ2n) is 5.01. The average Bonchev–Trinajstić information content (AvgIpc) is 2.49. The molecule has 2 amide bonds. The van der Waals surface area contributed by atoms with Crippen molar-refractivity contribution in [2.75, 3.05) is 11.9 Å². The lowest BCUT2D eigenvalue weighted by atomic mass is 10.1. The van der Waals surface area contributed by atoms with Crippen LogP contribution in [0.1, 0.15) is 21.5 Å². The first-order valence-electron chi connectivity index (χ1n) is 6.87. The highest BCUT2D eigenvalue weighted by Gasteiger charge is 2.10. The second-order valence-corrected chi connectivity index (χ2v) is 5.86. The van der Waals surface area contributed by atoms with Gasteiger partial charge in [-0.15, -0.1) is 0 Å². The molecule has 0 bridgehead atoms. The van der Waals surface area contributed by atoms with Gasteiger partial charge in [0.25, 0.3) is 5.91 Å². The fraction of sp³-hybridized carbons (Fsp3) is 0.176. The van der Waals surface area contributed by atoms with E-state index in [9.17, 15) is 9.59 Å². The summed E-state index contributed by atoms with van der Waals surface area (Å²) in [7, 11) is 0. The number of rotatable bonds is 4. The molecule has 2 rings (SSSR count). The van der Waals surface area contributed by atoms with Crippen LogP contribution in [0.5, 0.6) is 0 Å². The van der Waals surface area contributed by atoms with Gasteiger partial charge in [0.05, 0.1) is 6.54 Å². The number of hydrogen-bond acceptors (Lipinski definition) is 2. The standard InChI is InChI=1S/C17H17BrN2O2/c1-11-5-3-4-6-14(11)17(22)19-10-16(21)20-13-8-7-12(2)15(18)9-13/h3-9H,10H2,1-2H3,(H,19,22)(H,20,21). The van der Waals surface area contributed by atoms with E-state index in [4.69, 9.17) is 0 Å². The van der Waals surface area contributed by atoms with Gasteiger partial charge in [0.15, 0.2) is 0 Å². The van der Waals surface area contributed by atoms with Crippen LogP contribution in [-0.2, 0) is 4.79 Å². The van der Waals surface area contributed by atoms with Crippen molar-refractivity contribution in [1.82, 2.24) is 5.32 Å². The molecule has 0 radical (unpaired) electrons. The van der Waals surface area contributed by atoms with Crippen molar-refractivity contribution in [2.24, 2.45) is 0 Å². The largest absolute Gasteiger partial charge is 0.343 e. The van der Waals surface area contributed by atoms with Crippen LogP contribution in [0.25, 0.3) is 0 Å². The maximum atomic E-state index is 12.0. The summed E-state index contributed by atoms with van der Waals surface area (Å²) < 4.78 is 0.925. The molecule has 0 unspecified atom stereocenters. The lowest BCUT2D eigenvalue weighted by molar-refractivity contribution is -0.115. The molecule has 0 aromatic heterocycles. The molecule has 0 atom stereocenters. The lowest BCUT2D eigenvalue weighted by Crippen LogP contribution is -2.33. The van der Waals surface area contributed by atoms with Crippen LogP contribution in [0.4, 0.5) is 5.69 Å². The minimum atomic E-state index is -0.266. The molecule has 0 heterocycles. The number of halogens is 1. The van der Waals surface area contributed by atoms with E-state index in [-0.39, 0.29) is 18.4 Å². The zero-order valence-corrected chi connectivity index (χ0v) is 14.0. The third kappa shape index (κ3) is 4.18. The first-order chi connectivity index (χ1) is 10.5. The summed E-state index contributed by atoms with van der Waals surface area (Å²) >= 11 is 3.42. The van der Waals surface area contributed by atoms with Crippen molar-refractivity contribution < 1.29 is 9.59 Å². The Hall–Kier alpha value is -2.14. The quantitative estimate of drug-likeness (QED) is 0.877. The summed E-state index contributed by atoms with van der Waals surface area (Å²) in [5.74, 6) is -0.518. The number of aryl methyl sites for hydroxylation is 2. The van der Waals surface area contributed by atoms with Gasteiger partial charge >= 0.3 is 0 Å². The Kier molecular flexibility index (Phi) is 5.33. The number of carbonyl (C=O) groups excluding carboxylic acids is 2. The molecule has 2 aromatic carbocycles. The predicted octanol–water partition coefficient (Wildman–Crippen LogP) is 3.43. The number of hydrogen-bond donors (Lipinski definition) is 2. The summed E-state index contributed by atoms with van der Waals surface area (Å²) in [6, 6.07) is 12.8. The number of carbonyl (C=O) groups is 2. The number of amides is 2. The third-order valence-electron chi connectivity index (χ3n) is 3.25. The predicted molar refractivity (Wildman–Crippen MR) is 91.0 cm³/mol. The highest BCUT2D eigenvalue weighted by atomic mass is 79.9. The van der Waals surface area contributed by atoms with Crippen LogP contribution in [0.15, 0.2) is 46.9 Å². The Bertz CT molecular complexity index is 714. The topological polar surface area (TPSA) is 58.2 Å². The smallest absolute Gasteiger partial charge is 0.251 e. The summed E-state index contributed by atoms with van der Waals surface area (Å²) in [4.78, 5) is 23.9. The second kappa shape index (κ2) is 7.22. The molecule has 0 saturated heterocycles. The van der Waals surface area contributed by atoms with Crippen LogP contribution in [0, 0.1) is 13.8 Å². The fourth-order valence-corrected chi connectivity index (χ4v) is 2.34. The Morgan fingerprint density at radius 1 is 1.05 bits per heavy atom. The van der Waals surface area contributed by atoms with Crippen LogP contribution in [-0.4, -0.2) is 18.4 Å². The van der Waals surface area contributed by atoms with Crippen LogP contribution in [0.3, 0.4) is 0 Å². The maximum Gasteiger partial charge on any atom is 0.251 e. The van der Waals surface area contributed by atoms with Crippen molar-refractivity contribution in [2.45, 2.75) is 13.8 Å². The zero-order chi connectivity index (χ0) is 16.1. The van der Waals surface area contributed by atoms with Crippen molar-refractivity contribution in [3.05, 3.63) is 63.6 Å².